The summed E-state index contributed by atoms with van der Waals surface area (Å²) in [4.78, 5) is 11.8. The van der Waals surface area contributed by atoms with Crippen molar-refractivity contribution in [3.05, 3.63) is 28.8 Å². The molecule has 0 aliphatic rings. The zero-order chi connectivity index (χ0) is 15.6. The fraction of sp³-hybridized carbons (Fsp3) is 0.533. The summed E-state index contributed by atoms with van der Waals surface area (Å²) in [5, 5.41) is 13.2. The molecule has 1 aromatic carbocycles. The van der Waals surface area contributed by atoms with Gasteiger partial charge in [-0.1, -0.05) is 11.6 Å². The molecule has 0 saturated carbocycles. The van der Waals surface area contributed by atoms with E-state index in [0.29, 0.717) is 17.1 Å². The fourth-order valence-corrected chi connectivity index (χ4v) is 1.90. The number of halogens is 1. The van der Waals surface area contributed by atoms with Gasteiger partial charge in [-0.05, 0) is 58.4 Å². The van der Waals surface area contributed by atoms with Crippen LogP contribution in [-0.2, 0) is 11.2 Å². The van der Waals surface area contributed by atoms with Crippen molar-refractivity contribution in [2.45, 2.75) is 52.2 Å². The molecule has 0 bridgehead atoms. The van der Waals surface area contributed by atoms with Gasteiger partial charge in [0.1, 0.15) is 5.60 Å². The third-order valence-corrected chi connectivity index (χ3v) is 2.56. The average molecular weight is 300 g/mol. The van der Waals surface area contributed by atoms with E-state index < -0.39 is 17.3 Å². The highest BCUT2D eigenvalue weighted by Gasteiger charge is 2.20. The molecule has 1 amide bonds. The monoisotopic (exact) mass is 299 g/mol. The number of rotatable bonds is 3. The molecule has 0 radical (unpaired) electrons. The third kappa shape index (κ3) is 6.26. The Hall–Kier alpha value is -1.26. The van der Waals surface area contributed by atoms with Gasteiger partial charge < -0.3 is 9.84 Å². The molecule has 5 heteroatoms. The van der Waals surface area contributed by atoms with E-state index in [1.807, 2.05) is 0 Å². The van der Waals surface area contributed by atoms with Gasteiger partial charge in [0.2, 0.25) is 0 Å². The lowest BCUT2D eigenvalue weighted by molar-refractivity contribution is 0.0632. The third-order valence-electron chi connectivity index (χ3n) is 2.33. The molecule has 0 spiro atoms. The molecule has 20 heavy (non-hydrogen) atoms. The highest BCUT2D eigenvalue weighted by Crippen LogP contribution is 2.25. The van der Waals surface area contributed by atoms with Gasteiger partial charge in [0.05, 0.1) is 5.60 Å². The van der Waals surface area contributed by atoms with Crippen LogP contribution in [0.3, 0.4) is 0 Å². The second-order valence-corrected chi connectivity index (χ2v) is 6.85. The molecule has 1 rings (SSSR count). The van der Waals surface area contributed by atoms with E-state index in [0.717, 1.165) is 5.56 Å². The molecule has 1 aromatic rings. The highest BCUT2D eigenvalue weighted by molar-refractivity contribution is 6.30. The van der Waals surface area contributed by atoms with E-state index in [9.17, 15) is 9.90 Å². The Labute approximate surface area is 125 Å². The van der Waals surface area contributed by atoms with Crippen LogP contribution in [0.2, 0.25) is 5.02 Å². The van der Waals surface area contributed by atoms with Crippen molar-refractivity contribution in [3.8, 4) is 0 Å². The highest BCUT2D eigenvalue weighted by atomic mass is 35.5. The first-order chi connectivity index (χ1) is 8.96. The van der Waals surface area contributed by atoms with Gasteiger partial charge in [0.15, 0.2) is 0 Å². The van der Waals surface area contributed by atoms with Crippen LogP contribution >= 0.6 is 11.6 Å². The van der Waals surface area contributed by atoms with Crippen LogP contribution in [0.1, 0.15) is 40.2 Å². The molecule has 112 valence electrons. The number of amides is 1. The Balaban J connectivity index is 2.92. The number of hydrogen-bond donors (Lipinski definition) is 2. The zero-order valence-electron chi connectivity index (χ0n) is 12.6. The van der Waals surface area contributed by atoms with Crippen molar-refractivity contribution < 1.29 is 14.6 Å². The molecular weight excluding hydrogens is 278 g/mol. The lowest BCUT2D eigenvalue weighted by Crippen LogP contribution is -2.28. The minimum atomic E-state index is -0.894. The van der Waals surface area contributed by atoms with Crippen LogP contribution in [0.5, 0.6) is 0 Å². The molecule has 4 nitrogen and oxygen atoms in total. The number of hydrogen-bond acceptors (Lipinski definition) is 3. The van der Waals surface area contributed by atoms with Crippen LogP contribution < -0.4 is 5.32 Å². The summed E-state index contributed by atoms with van der Waals surface area (Å²) in [6.45, 7) is 8.79. The normalized spacial score (nSPS) is 12.2. The van der Waals surface area contributed by atoms with Crippen molar-refractivity contribution in [2.75, 3.05) is 5.32 Å². The van der Waals surface area contributed by atoms with Crippen LogP contribution in [0.25, 0.3) is 0 Å². The minimum Gasteiger partial charge on any atom is -0.444 e. The van der Waals surface area contributed by atoms with Gasteiger partial charge >= 0.3 is 6.09 Å². The number of carbonyl (C=O) groups excluding carboxylic acids is 1. The van der Waals surface area contributed by atoms with Gasteiger partial charge in [-0.2, -0.15) is 0 Å². The lowest BCUT2D eigenvalue weighted by atomic mass is 9.97. The average Bonchev–Trinajstić information content (AvgIpc) is 2.17. The van der Waals surface area contributed by atoms with Crippen molar-refractivity contribution in [1.29, 1.82) is 0 Å². The molecule has 0 atom stereocenters. The van der Waals surface area contributed by atoms with Crippen molar-refractivity contribution in [1.82, 2.24) is 0 Å². The lowest BCUT2D eigenvalue weighted by Gasteiger charge is -2.22. The van der Waals surface area contributed by atoms with Gasteiger partial charge in [-0.25, -0.2) is 4.79 Å². The molecule has 0 fully saturated rings. The summed E-state index contributed by atoms with van der Waals surface area (Å²) in [7, 11) is 0. The molecule has 0 aromatic heterocycles. The first kappa shape index (κ1) is 16.8. The van der Waals surface area contributed by atoms with Crippen LogP contribution in [0.4, 0.5) is 10.5 Å². The van der Waals surface area contributed by atoms with Crippen molar-refractivity contribution >= 4 is 23.4 Å². The maximum absolute atomic E-state index is 11.8. The number of benzene rings is 1. The van der Waals surface area contributed by atoms with Gasteiger partial charge in [-0.15, -0.1) is 0 Å². The van der Waals surface area contributed by atoms with Crippen molar-refractivity contribution in [2.24, 2.45) is 0 Å². The van der Waals surface area contributed by atoms with Crippen molar-refractivity contribution in [3.63, 3.8) is 0 Å². The Kier molecular flexibility index (Phi) is 5.05. The van der Waals surface area contributed by atoms with E-state index in [1.54, 1.807) is 52.8 Å². The summed E-state index contributed by atoms with van der Waals surface area (Å²) in [6, 6.07) is 5.11. The second-order valence-electron chi connectivity index (χ2n) is 6.42. The van der Waals surface area contributed by atoms with E-state index in [4.69, 9.17) is 16.3 Å². The smallest absolute Gasteiger partial charge is 0.412 e. The zero-order valence-corrected chi connectivity index (χ0v) is 13.3. The van der Waals surface area contributed by atoms with Crippen LogP contribution in [0.15, 0.2) is 18.2 Å². The molecule has 2 N–H and O–H groups in total. The Morgan fingerprint density at radius 3 is 2.40 bits per heavy atom. The molecule has 0 saturated heterocycles. The quantitative estimate of drug-likeness (QED) is 0.887. The summed E-state index contributed by atoms with van der Waals surface area (Å²) >= 11 is 5.96. The van der Waals surface area contributed by atoms with E-state index in [-0.39, 0.29) is 0 Å². The summed E-state index contributed by atoms with van der Waals surface area (Å²) in [5.74, 6) is 0. The molecule has 0 unspecified atom stereocenters. The Morgan fingerprint density at radius 1 is 1.30 bits per heavy atom. The van der Waals surface area contributed by atoms with E-state index in [1.165, 1.54) is 0 Å². The molecule has 0 aliphatic heterocycles. The summed E-state index contributed by atoms with van der Waals surface area (Å²) in [5.41, 5.74) is -0.108. The maximum atomic E-state index is 11.8. The first-order valence-corrected chi connectivity index (χ1v) is 6.85. The molecule has 0 aliphatic carbocycles. The number of aliphatic hydroxyl groups is 1. The van der Waals surface area contributed by atoms with Gasteiger partial charge in [0, 0.05) is 17.1 Å². The topological polar surface area (TPSA) is 58.6 Å². The van der Waals surface area contributed by atoms with Gasteiger partial charge in [-0.3, -0.25) is 5.32 Å². The van der Waals surface area contributed by atoms with Crippen LogP contribution in [0, 0.1) is 0 Å². The number of ether oxygens (including phenoxy) is 1. The van der Waals surface area contributed by atoms with E-state index >= 15 is 0 Å². The SMILES string of the molecule is CC(C)(O)Cc1cc(Cl)ccc1NC(=O)OC(C)(C)C. The Bertz CT molecular complexity index is 487. The largest absolute Gasteiger partial charge is 0.444 e. The predicted molar refractivity (Wildman–Crippen MR) is 81.3 cm³/mol. The summed E-state index contributed by atoms with van der Waals surface area (Å²) in [6.07, 6.45) is -0.157. The molecule has 0 heterocycles. The Morgan fingerprint density at radius 2 is 1.90 bits per heavy atom. The summed E-state index contributed by atoms with van der Waals surface area (Å²) < 4.78 is 5.21. The second kappa shape index (κ2) is 6.02. The first-order valence-electron chi connectivity index (χ1n) is 6.47. The maximum Gasteiger partial charge on any atom is 0.412 e. The van der Waals surface area contributed by atoms with Crippen LogP contribution in [-0.4, -0.2) is 22.4 Å². The van der Waals surface area contributed by atoms with Gasteiger partial charge in [0.25, 0.3) is 0 Å². The number of carbonyl (C=O) groups is 1. The molecular formula is C15H22ClNO3. The fourth-order valence-electron chi connectivity index (χ4n) is 1.71. The number of anilines is 1. The number of nitrogens with one attached hydrogen (secondary N) is 1. The standard InChI is InChI=1S/C15H22ClNO3/c1-14(2,3)20-13(18)17-12-7-6-11(16)8-10(12)9-15(4,5)19/h6-8,19H,9H2,1-5H3,(H,17,18). The van der Waals surface area contributed by atoms with E-state index in [2.05, 4.69) is 5.32 Å². The predicted octanol–water partition coefficient (Wildman–Crippen LogP) is 4.00. The minimum absolute atomic E-state index is 0.374.